The minimum absolute atomic E-state index is 0.257. The monoisotopic (exact) mass is 321 g/mol. The number of hydrogen-bond acceptors (Lipinski definition) is 4. The van der Waals surface area contributed by atoms with E-state index in [1.54, 1.807) is 6.07 Å². The van der Waals surface area contributed by atoms with Gasteiger partial charge in [0.1, 0.15) is 5.58 Å². The van der Waals surface area contributed by atoms with Crippen LogP contribution in [0, 0.1) is 6.92 Å². The fourth-order valence-corrected chi connectivity index (χ4v) is 4.37. The van der Waals surface area contributed by atoms with Crippen LogP contribution in [0.4, 0.5) is 0 Å². The summed E-state index contributed by atoms with van der Waals surface area (Å²) in [5.74, 6) is 0. The van der Waals surface area contributed by atoms with Gasteiger partial charge in [-0.05, 0) is 38.0 Å². The molecule has 1 aliphatic heterocycles. The van der Waals surface area contributed by atoms with E-state index in [2.05, 4.69) is 0 Å². The Morgan fingerprint density at radius 1 is 1.05 bits per heavy atom. The van der Waals surface area contributed by atoms with Gasteiger partial charge in [-0.3, -0.25) is 0 Å². The average Bonchev–Trinajstić information content (AvgIpc) is 2.76. The first-order valence-electron chi connectivity index (χ1n) is 7.53. The van der Waals surface area contributed by atoms with E-state index in [0.717, 1.165) is 31.2 Å². The van der Waals surface area contributed by atoms with Crippen molar-refractivity contribution in [1.29, 1.82) is 0 Å². The molecule has 6 heteroatoms. The van der Waals surface area contributed by atoms with E-state index in [1.807, 2.05) is 19.1 Å². The van der Waals surface area contributed by atoms with Crippen LogP contribution in [0.1, 0.15) is 31.2 Å². The highest BCUT2D eigenvalue weighted by molar-refractivity contribution is 7.89. The van der Waals surface area contributed by atoms with E-state index in [9.17, 15) is 13.2 Å². The summed E-state index contributed by atoms with van der Waals surface area (Å²) < 4.78 is 32.1. The summed E-state index contributed by atoms with van der Waals surface area (Å²) in [5, 5.41) is 0.632. The standard InChI is InChI=1S/C16H19NO4S/c1-12-6-7-14-13(10-12)11-15(16(18)21-14)22(19,20)17-8-4-2-3-5-9-17/h6-7,10-11H,2-5,8-9H2,1H3. The first-order chi connectivity index (χ1) is 10.5. The summed E-state index contributed by atoms with van der Waals surface area (Å²) in [5.41, 5.74) is 0.602. The number of rotatable bonds is 2. The summed E-state index contributed by atoms with van der Waals surface area (Å²) in [6.07, 6.45) is 3.71. The number of sulfonamides is 1. The average molecular weight is 321 g/mol. The van der Waals surface area contributed by atoms with Crippen molar-refractivity contribution in [1.82, 2.24) is 4.31 Å². The lowest BCUT2D eigenvalue weighted by molar-refractivity contribution is 0.419. The summed E-state index contributed by atoms with van der Waals surface area (Å²) >= 11 is 0. The number of nitrogens with zero attached hydrogens (tertiary/aromatic N) is 1. The molecule has 0 aliphatic carbocycles. The molecule has 0 N–H and O–H groups in total. The fourth-order valence-electron chi connectivity index (χ4n) is 2.82. The van der Waals surface area contributed by atoms with Gasteiger partial charge in [-0.25, -0.2) is 13.2 Å². The molecule has 1 fully saturated rings. The Morgan fingerprint density at radius 3 is 2.41 bits per heavy atom. The Morgan fingerprint density at radius 2 is 1.73 bits per heavy atom. The normalized spacial score (nSPS) is 17.5. The molecule has 0 saturated carbocycles. The van der Waals surface area contributed by atoms with Gasteiger partial charge < -0.3 is 4.42 Å². The Balaban J connectivity index is 2.11. The van der Waals surface area contributed by atoms with E-state index in [1.165, 1.54) is 10.4 Å². The largest absolute Gasteiger partial charge is 0.422 e. The van der Waals surface area contributed by atoms with Gasteiger partial charge in [0.25, 0.3) is 0 Å². The molecule has 0 unspecified atom stereocenters. The quantitative estimate of drug-likeness (QED) is 0.798. The Labute approximate surface area is 129 Å². The van der Waals surface area contributed by atoms with Gasteiger partial charge >= 0.3 is 5.63 Å². The highest BCUT2D eigenvalue weighted by Crippen LogP contribution is 2.22. The molecular formula is C16H19NO4S. The maximum Gasteiger partial charge on any atom is 0.356 e. The summed E-state index contributed by atoms with van der Waals surface area (Å²) in [4.78, 5) is 11.9. The van der Waals surface area contributed by atoms with Crippen molar-refractivity contribution in [2.75, 3.05) is 13.1 Å². The molecule has 3 rings (SSSR count). The van der Waals surface area contributed by atoms with E-state index in [0.29, 0.717) is 24.1 Å². The molecule has 5 nitrogen and oxygen atoms in total. The van der Waals surface area contributed by atoms with Crippen LogP contribution in [-0.2, 0) is 10.0 Å². The van der Waals surface area contributed by atoms with Gasteiger partial charge in [0, 0.05) is 18.5 Å². The number of benzene rings is 1. The van der Waals surface area contributed by atoms with Crippen LogP contribution in [-0.4, -0.2) is 25.8 Å². The number of fused-ring (bicyclic) bond motifs is 1. The van der Waals surface area contributed by atoms with Gasteiger partial charge in [0.2, 0.25) is 10.0 Å². The smallest absolute Gasteiger partial charge is 0.356 e. The molecule has 0 spiro atoms. The molecule has 1 aromatic heterocycles. The molecule has 1 saturated heterocycles. The first-order valence-corrected chi connectivity index (χ1v) is 8.97. The predicted molar refractivity (Wildman–Crippen MR) is 84.4 cm³/mol. The van der Waals surface area contributed by atoms with Crippen LogP contribution >= 0.6 is 0 Å². The minimum Gasteiger partial charge on any atom is -0.422 e. The predicted octanol–water partition coefficient (Wildman–Crippen LogP) is 2.67. The van der Waals surface area contributed by atoms with Crippen LogP contribution in [0.3, 0.4) is 0 Å². The lowest BCUT2D eigenvalue weighted by atomic mass is 10.2. The zero-order valence-electron chi connectivity index (χ0n) is 12.5. The maximum atomic E-state index is 12.8. The molecule has 0 radical (unpaired) electrons. The fraction of sp³-hybridized carbons (Fsp3) is 0.438. The van der Waals surface area contributed by atoms with Gasteiger partial charge in [0.05, 0.1) is 0 Å². The van der Waals surface area contributed by atoms with E-state index < -0.39 is 15.6 Å². The molecule has 2 heterocycles. The topological polar surface area (TPSA) is 67.6 Å². The minimum atomic E-state index is -3.79. The van der Waals surface area contributed by atoms with Crippen molar-refractivity contribution in [3.63, 3.8) is 0 Å². The Hall–Kier alpha value is -1.66. The second kappa shape index (κ2) is 5.85. The Kier molecular flexibility index (Phi) is 4.06. The Bertz CT molecular complexity index is 846. The lowest BCUT2D eigenvalue weighted by Gasteiger charge is -2.19. The third-order valence-corrected chi connectivity index (χ3v) is 5.92. The van der Waals surface area contributed by atoms with Gasteiger partial charge in [-0.15, -0.1) is 0 Å². The molecule has 0 atom stereocenters. The van der Waals surface area contributed by atoms with E-state index in [4.69, 9.17) is 4.42 Å². The van der Waals surface area contributed by atoms with Crippen molar-refractivity contribution < 1.29 is 12.8 Å². The summed E-state index contributed by atoms with van der Waals surface area (Å²) in [7, 11) is -3.79. The van der Waals surface area contributed by atoms with Crippen LogP contribution < -0.4 is 5.63 Å². The van der Waals surface area contributed by atoms with Crippen LogP contribution in [0.25, 0.3) is 11.0 Å². The highest BCUT2D eigenvalue weighted by Gasteiger charge is 2.28. The first kappa shape index (κ1) is 15.2. The molecule has 2 aromatic rings. The number of aryl methyl sites for hydroxylation is 1. The molecular weight excluding hydrogens is 302 g/mol. The molecule has 118 valence electrons. The summed E-state index contributed by atoms with van der Waals surface area (Å²) in [6, 6.07) is 6.77. The lowest BCUT2D eigenvalue weighted by Crippen LogP contribution is -2.34. The van der Waals surface area contributed by atoms with E-state index in [-0.39, 0.29) is 4.90 Å². The molecule has 1 aliphatic rings. The van der Waals surface area contributed by atoms with Crippen molar-refractivity contribution in [2.24, 2.45) is 0 Å². The van der Waals surface area contributed by atoms with Crippen molar-refractivity contribution in [3.8, 4) is 0 Å². The second-order valence-electron chi connectivity index (χ2n) is 5.76. The maximum absolute atomic E-state index is 12.8. The van der Waals surface area contributed by atoms with Crippen molar-refractivity contribution >= 4 is 21.0 Å². The van der Waals surface area contributed by atoms with Gasteiger partial charge in [-0.2, -0.15) is 4.31 Å². The SMILES string of the molecule is Cc1ccc2oc(=O)c(S(=O)(=O)N3CCCCCC3)cc2c1. The third-order valence-electron chi connectivity index (χ3n) is 4.04. The van der Waals surface area contributed by atoms with Gasteiger partial charge in [0.15, 0.2) is 4.90 Å². The molecule has 1 aromatic carbocycles. The van der Waals surface area contributed by atoms with Crippen LogP contribution in [0.5, 0.6) is 0 Å². The highest BCUT2D eigenvalue weighted by atomic mass is 32.2. The van der Waals surface area contributed by atoms with Crippen LogP contribution in [0.2, 0.25) is 0 Å². The van der Waals surface area contributed by atoms with Crippen molar-refractivity contribution in [2.45, 2.75) is 37.5 Å². The second-order valence-corrected chi connectivity index (χ2v) is 7.66. The zero-order chi connectivity index (χ0) is 15.7. The number of hydrogen-bond donors (Lipinski definition) is 0. The molecule has 0 bridgehead atoms. The van der Waals surface area contributed by atoms with Crippen molar-refractivity contribution in [3.05, 3.63) is 40.2 Å². The third kappa shape index (κ3) is 2.80. The molecule has 22 heavy (non-hydrogen) atoms. The zero-order valence-corrected chi connectivity index (χ0v) is 13.4. The van der Waals surface area contributed by atoms with E-state index >= 15 is 0 Å². The molecule has 0 amide bonds. The summed E-state index contributed by atoms with van der Waals surface area (Å²) in [6.45, 7) is 2.84. The van der Waals surface area contributed by atoms with Gasteiger partial charge in [-0.1, -0.05) is 24.5 Å². The van der Waals surface area contributed by atoms with Crippen LogP contribution in [0.15, 0.2) is 38.4 Å².